The molecule has 1 aromatic rings. The number of nitrogens with two attached hydrogens (primary N) is 1. The molecule has 1 amide bonds. The Balaban J connectivity index is 2.27. The Labute approximate surface area is 115 Å². The fourth-order valence-electron chi connectivity index (χ4n) is 1.61. The van der Waals surface area contributed by atoms with E-state index < -0.39 is 10.0 Å². The van der Waals surface area contributed by atoms with Gasteiger partial charge in [0.15, 0.2) is 5.17 Å². The summed E-state index contributed by atoms with van der Waals surface area (Å²) in [5.74, 6) is 0.425. The summed E-state index contributed by atoms with van der Waals surface area (Å²) in [6.45, 7) is 2.45. The Kier molecular flexibility index (Phi) is 3.93. The van der Waals surface area contributed by atoms with Gasteiger partial charge in [0.25, 0.3) is 0 Å². The van der Waals surface area contributed by atoms with E-state index in [1.54, 1.807) is 17.0 Å². The number of hydrogen-bond donors (Lipinski definition) is 1. The lowest BCUT2D eigenvalue weighted by Gasteiger charge is -2.12. The van der Waals surface area contributed by atoms with E-state index in [2.05, 4.69) is 4.99 Å². The van der Waals surface area contributed by atoms with Crippen LogP contribution in [-0.2, 0) is 14.8 Å². The lowest BCUT2D eigenvalue weighted by molar-refractivity contribution is -0.123. The Morgan fingerprint density at radius 2 is 2.00 bits per heavy atom. The van der Waals surface area contributed by atoms with Crippen molar-refractivity contribution in [2.24, 2.45) is 10.1 Å². The number of rotatable bonds is 3. The van der Waals surface area contributed by atoms with Crippen LogP contribution < -0.4 is 5.14 Å². The van der Waals surface area contributed by atoms with Gasteiger partial charge in [-0.15, -0.1) is 0 Å². The molecular formula is C11H13N3O3S2. The van der Waals surface area contributed by atoms with Crippen molar-refractivity contribution < 1.29 is 13.2 Å². The fraction of sp³-hybridized carbons (Fsp3) is 0.273. The molecule has 1 saturated heterocycles. The lowest BCUT2D eigenvalue weighted by atomic mass is 10.3. The molecular weight excluding hydrogens is 286 g/mol. The number of aliphatic imine (C=N–C) groups is 1. The van der Waals surface area contributed by atoms with Crippen LogP contribution in [0.5, 0.6) is 0 Å². The third-order valence-corrected chi connectivity index (χ3v) is 4.45. The zero-order valence-corrected chi connectivity index (χ0v) is 11.9. The maximum Gasteiger partial charge on any atom is 0.239 e. The number of amides is 1. The van der Waals surface area contributed by atoms with Crippen LogP contribution in [0.1, 0.15) is 6.92 Å². The van der Waals surface area contributed by atoms with E-state index in [1.807, 2.05) is 6.92 Å². The summed E-state index contributed by atoms with van der Waals surface area (Å²) in [5, 5.41) is 5.65. The second kappa shape index (κ2) is 5.32. The van der Waals surface area contributed by atoms with Crippen LogP contribution in [0, 0.1) is 0 Å². The van der Waals surface area contributed by atoms with Gasteiger partial charge in [-0.25, -0.2) is 18.5 Å². The van der Waals surface area contributed by atoms with E-state index in [0.29, 0.717) is 23.2 Å². The zero-order chi connectivity index (χ0) is 14.0. The summed E-state index contributed by atoms with van der Waals surface area (Å²) in [4.78, 5) is 17.5. The SMILES string of the molecule is CCN1C(=O)CSC1=Nc1ccc(S(N)(=O)=O)cc1. The highest BCUT2D eigenvalue weighted by Crippen LogP contribution is 2.24. The third-order valence-electron chi connectivity index (χ3n) is 2.56. The van der Waals surface area contributed by atoms with Crippen molar-refractivity contribution in [2.75, 3.05) is 12.3 Å². The van der Waals surface area contributed by atoms with E-state index in [1.165, 1.54) is 23.9 Å². The number of primary sulfonamides is 1. The van der Waals surface area contributed by atoms with Crippen molar-refractivity contribution in [3.63, 3.8) is 0 Å². The van der Waals surface area contributed by atoms with Gasteiger partial charge in [-0.2, -0.15) is 0 Å². The predicted molar refractivity (Wildman–Crippen MR) is 74.8 cm³/mol. The molecule has 1 heterocycles. The molecule has 2 rings (SSSR count). The second-order valence-electron chi connectivity index (χ2n) is 3.86. The number of thioether (sulfide) groups is 1. The average Bonchev–Trinajstić information content (AvgIpc) is 2.69. The van der Waals surface area contributed by atoms with E-state index in [-0.39, 0.29) is 10.8 Å². The molecule has 102 valence electrons. The van der Waals surface area contributed by atoms with Crippen LogP contribution >= 0.6 is 11.8 Å². The highest BCUT2D eigenvalue weighted by Gasteiger charge is 2.26. The standard InChI is InChI=1S/C11H13N3O3S2/c1-2-14-10(15)7-18-11(14)13-8-3-5-9(6-4-8)19(12,16)17/h3-6H,2,7H2,1H3,(H2,12,16,17). The second-order valence-corrected chi connectivity index (χ2v) is 6.36. The molecule has 1 aliphatic rings. The minimum atomic E-state index is -3.69. The topological polar surface area (TPSA) is 92.8 Å². The van der Waals surface area contributed by atoms with Crippen LogP contribution in [0.2, 0.25) is 0 Å². The minimum absolute atomic E-state index is 0.0346. The molecule has 0 bridgehead atoms. The number of sulfonamides is 1. The highest BCUT2D eigenvalue weighted by atomic mass is 32.2. The Morgan fingerprint density at radius 3 is 2.53 bits per heavy atom. The zero-order valence-electron chi connectivity index (χ0n) is 10.2. The van der Waals surface area contributed by atoms with Gasteiger partial charge in [-0.3, -0.25) is 9.69 Å². The number of amidine groups is 1. The van der Waals surface area contributed by atoms with Crippen LogP contribution in [0.25, 0.3) is 0 Å². The molecule has 0 unspecified atom stereocenters. The van der Waals surface area contributed by atoms with Gasteiger partial charge >= 0.3 is 0 Å². The first kappa shape index (κ1) is 14.0. The summed E-state index contributed by atoms with van der Waals surface area (Å²) in [5.41, 5.74) is 0.586. The molecule has 19 heavy (non-hydrogen) atoms. The molecule has 0 aromatic heterocycles. The van der Waals surface area contributed by atoms with Crippen molar-refractivity contribution in [1.82, 2.24) is 4.90 Å². The quantitative estimate of drug-likeness (QED) is 0.898. The van der Waals surface area contributed by atoms with Crippen LogP contribution in [0.4, 0.5) is 5.69 Å². The molecule has 0 saturated carbocycles. The van der Waals surface area contributed by atoms with E-state index >= 15 is 0 Å². The van der Waals surface area contributed by atoms with Gasteiger partial charge in [-0.05, 0) is 31.2 Å². The van der Waals surface area contributed by atoms with Crippen LogP contribution in [0.15, 0.2) is 34.2 Å². The van der Waals surface area contributed by atoms with E-state index in [4.69, 9.17) is 5.14 Å². The van der Waals surface area contributed by atoms with Gasteiger partial charge in [0.2, 0.25) is 15.9 Å². The molecule has 8 heteroatoms. The van der Waals surface area contributed by atoms with Crippen molar-refractivity contribution in [3.8, 4) is 0 Å². The van der Waals surface area contributed by atoms with Crippen LogP contribution in [0.3, 0.4) is 0 Å². The minimum Gasteiger partial charge on any atom is -0.291 e. The smallest absolute Gasteiger partial charge is 0.239 e. The normalized spacial score (nSPS) is 18.3. The first-order chi connectivity index (χ1) is 8.91. The van der Waals surface area contributed by atoms with Crippen molar-refractivity contribution >= 4 is 38.5 Å². The van der Waals surface area contributed by atoms with Crippen LogP contribution in [-0.4, -0.2) is 36.7 Å². The molecule has 0 aliphatic carbocycles. The first-order valence-electron chi connectivity index (χ1n) is 5.56. The summed E-state index contributed by atoms with van der Waals surface area (Å²) >= 11 is 1.37. The van der Waals surface area contributed by atoms with Gasteiger partial charge < -0.3 is 0 Å². The highest BCUT2D eigenvalue weighted by molar-refractivity contribution is 8.15. The lowest BCUT2D eigenvalue weighted by Crippen LogP contribution is -2.28. The molecule has 1 fully saturated rings. The first-order valence-corrected chi connectivity index (χ1v) is 8.09. The number of hydrogen-bond acceptors (Lipinski definition) is 5. The molecule has 0 atom stereocenters. The molecule has 2 N–H and O–H groups in total. The maximum atomic E-state index is 11.5. The molecule has 0 radical (unpaired) electrons. The van der Waals surface area contributed by atoms with Gasteiger partial charge in [0.05, 0.1) is 16.3 Å². The average molecular weight is 299 g/mol. The number of carbonyl (C=O) groups is 1. The summed E-state index contributed by atoms with van der Waals surface area (Å²) in [6.07, 6.45) is 0. The number of carbonyl (C=O) groups excluding carboxylic acids is 1. The van der Waals surface area contributed by atoms with Crippen molar-refractivity contribution in [1.29, 1.82) is 0 Å². The van der Waals surface area contributed by atoms with Gasteiger partial charge in [0, 0.05) is 6.54 Å². The largest absolute Gasteiger partial charge is 0.291 e. The predicted octanol–water partition coefficient (Wildman–Crippen LogP) is 0.917. The van der Waals surface area contributed by atoms with Crippen molar-refractivity contribution in [2.45, 2.75) is 11.8 Å². The molecule has 1 aliphatic heterocycles. The fourth-order valence-corrected chi connectivity index (χ4v) is 3.09. The summed E-state index contributed by atoms with van der Waals surface area (Å²) < 4.78 is 22.2. The Hall–Kier alpha value is -1.38. The molecule has 6 nitrogen and oxygen atoms in total. The third kappa shape index (κ3) is 3.14. The summed E-state index contributed by atoms with van der Waals surface area (Å²) in [7, 11) is -3.69. The maximum absolute atomic E-state index is 11.5. The number of nitrogens with zero attached hydrogens (tertiary/aromatic N) is 2. The molecule has 1 aromatic carbocycles. The summed E-state index contributed by atoms with van der Waals surface area (Å²) in [6, 6.07) is 5.91. The van der Waals surface area contributed by atoms with E-state index in [0.717, 1.165) is 0 Å². The molecule has 0 spiro atoms. The number of benzene rings is 1. The Morgan fingerprint density at radius 1 is 1.37 bits per heavy atom. The van der Waals surface area contributed by atoms with Gasteiger partial charge in [-0.1, -0.05) is 11.8 Å². The van der Waals surface area contributed by atoms with Gasteiger partial charge in [0.1, 0.15) is 0 Å². The monoisotopic (exact) mass is 299 g/mol. The Bertz CT molecular complexity index is 623. The van der Waals surface area contributed by atoms with E-state index in [9.17, 15) is 13.2 Å². The van der Waals surface area contributed by atoms with Crippen molar-refractivity contribution in [3.05, 3.63) is 24.3 Å².